The Balaban J connectivity index is 2.37. The van der Waals surface area contributed by atoms with Gasteiger partial charge in [0.2, 0.25) is 10.0 Å². The third-order valence-electron chi connectivity index (χ3n) is 3.63. The number of aryl methyl sites for hydroxylation is 1. The summed E-state index contributed by atoms with van der Waals surface area (Å²) in [6.07, 6.45) is 0.119. The molecule has 124 valence electrons. The van der Waals surface area contributed by atoms with Crippen molar-refractivity contribution in [3.8, 4) is 0 Å². The number of hydrogen-bond donors (Lipinski definition) is 0. The summed E-state index contributed by atoms with van der Waals surface area (Å²) in [6.45, 7) is 3.62. The lowest BCUT2D eigenvalue weighted by molar-refractivity contribution is -0.146. The van der Waals surface area contributed by atoms with Crippen molar-refractivity contribution in [1.29, 1.82) is 0 Å². The van der Waals surface area contributed by atoms with E-state index in [4.69, 9.17) is 10.3 Å². The third-order valence-corrected chi connectivity index (χ3v) is 5.52. The first kappa shape index (κ1) is 17.3. The molecule has 1 heterocycles. The molecule has 0 saturated carbocycles. The summed E-state index contributed by atoms with van der Waals surface area (Å²) < 4.78 is 31.6. The Bertz CT molecular complexity index is 726. The fraction of sp³-hybridized carbons (Fsp3) is 0.500. The lowest BCUT2D eigenvalue weighted by Crippen LogP contribution is -2.41. The maximum Gasteiger partial charge on any atom is 0.324 e. The summed E-state index contributed by atoms with van der Waals surface area (Å²) >= 11 is 0. The molecular formula is C14H18N4O4S. The summed E-state index contributed by atoms with van der Waals surface area (Å²) in [7, 11) is -3.87. The van der Waals surface area contributed by atoms with Crippen molar-refractivity contribution < 1.29 is 17.9 Å². The largest absolute Gasteiger partial charge is 0.465 e. The van der Waals surface area contributed by atoms with Crippen LogP contribution in [0.4, 0.5) is 0 Å². The van der Waals surface area contributed by atoms with Crippen molar-refractivity contribution in [1.82, 2.24) is 4.31 Å². The number of hydrogen-bond acceptors (Lipinski definition) is 5. The van der Waals surface area contributed by atoms with E-state index in [1.165, 1.54) is 12.1 Å². The quantitative estimate of drug-likeness (QED) is 0.353. The summed E-state index contributed by atoms with van der Waals surface area (Å²) in [5.41, 5.74) is 9.50. The Kier molecular flexibility index (Phi) is 5.25. The second-order valence-electron chi connectivity index (χ2n) is 5.25. The molecule has 1 aliphatic heterocycles. The van der Waals surface area contributed by atoms with E-state index in [0.29, 0.717) is 0 Å². The molecule has 0 aliphatic carbocycles. The zero-order valence-corrected chi connectivity index (χ0v) is 13.7. The average Bonchev–Trinajstić information content (AvgIpc) is 2.93. The van der Waals surface area contributed by atoms with Crippen LogP contribution >= 0.6 is 0 Å². The number of sulfonamides is 1. The van der Waals surface area contributed by atoms with Crippen molar-refractivity contribution >= 4 is 16.0 Å². The molecule has 0 amide bonds. The van der Waals surface area contributed by atoms with E-state index < -0.39 is 28.1 Å². The van der Waals surface area contributed by atoms with Gasteiger partial charge in [0.05, 0.1) is 17.5 Å². The first-order valence-electron chi connectivity index (χ1n) is 7.19. The molecule has 0 spiro atoms. The SMILES string of the molecule is CCOC(=O)[C@@H]1CC(N=[N+]=[N-])CN1S(=O)(=O)c1ccc(C)cc1. The molecule has 1 aromatic carbocycles. The highest BCUT2D eigenvalue weighted by Crippen LogP contribution is 2.29. The Morgan fingerprint density at radius 2 is 2.09 bits per heavy atom. The van der Waals surface area contributed by atoms with Crippen LogP contribution in [0.1, 0.15) is 18.9 Å². The molecule has 8 nitrogen and oxygen atoms in total. The van der Waals surface area contributed by atoms with Crippen molar-refractivity contribution in [3.63, 3.8) is 0 Å². The van der Waals surface area contributed by atoms with Gasteiger partial charge in [-0.1, -0.05) is 22.8 Å². The first-order valence-corrected chi connectivity index (χ1v) is 8.63. The predicted molar refractivity (Wildman–Crippen MR) is 83.0 cm³/mol. The van der Waals surface area contributed by atoms with Crippen LogP contribution in [0.2, 0.25) is 0 Å². The molecule has 1 fully saturated rings. The van der Waals surface area contributed by atoms with Gasteiger partial charge in [-0.25, -0.2) is 8.42 Å². The van der Waals surface area contributed by atoms with E-state index in [-0.39, 0.29) is 24.5 Å². The van der Waals surface area contributed by atoms with Crippen LogP contribution in [0.5, 0.6) is 0 Å². The summed E-state index contributed by atoms with van der Waals surface area (Å²) in [6, 6.07) is 4.80. The monoisotopic (exact) mass is 338 g/mol. The van der Waals surface area contributed by atoms with E-state index in [2.05, 4.69) is 10.0 Å². The summed E-state index contributed by atoms with van der Waals surface area (Å²) in [5, 5.41) is 3.55. The smallest absolute Gasteiger partial charge is 0.324 e. The number of carbonyl (C=O) groups is 1. The number of ether oxygens (including phenoxy) is 1. The highest BCUT2D eigenvalue weighted by Gasteiger charge is 2.44. The molecule has 1 aromatic rings. The van der Waals surface area contributed by atoms with Gasteiger partial charge in [0, 0.05) is 11.5 Å². The Morgan fingerprint density at radius 1 is 1.43 bits per heavy atom. The van der Waals surface area contributed by atoms with Gasteiger partial charge in [-0.05, 0) is 37.9 Å². The molecule has 2 rings (SSSR count). The standard InChI is InChI=1S/C14H18N4O4S/c1-3-22-14(19)13-8-11(16-17-15)9-18(13)23(20,21)12-6-4-10(2)5-7-12/h4-7,11,13H,3,8-9H2,1-2H3/t11?,13-/m0/s1. The third kappa shape index (κ3) is 3.64. The number of esters is 1. The molecule has 9 heteroatoms. The Hall–Kier alpha value is -2.09. The maximum atomic E-state index is 12.8. The van der Waals surface area contributed by atoms with Crippen LogP contribution in [0.3, 0.4) is 0 Å². The number of rotatable bonds is 5. The second kappa shape index (κ2) is 6.99. The lowest BCUT2D eigenvalue weighted by atomic mass is 10.2. The van der Waals surface area contributed by atoms with Gasteiger partial charge in [-0.2, -0.15) is 4.31 Å². The number of azide groups is 1. The van der Waals surface area contributed by atoms with Crippen LogP contribution in [-0.2, 0) is 19.6 Å². The zero-order chi connectivity index (χ0) is 17.0. The fourth-order valence-corrected chi connectivity index (χ4v) is 4.13. The molecule has 1 aliphatic rings. The van der Waals surface area contributed by atoms with Crippen LogP contribution in [0.25, 0.3) is 10.4 Å². The van der Waals surface area contributed by atoms with Crippen LogP contribution in [0, 0.1) is 6.92 Å². The molecular weight excluding hydrogens is 320 g/mol. The van der Waals surface area contributed by atoms with Crippen molar-refractivity contribution in [2.75, 3.05) is 13.2 Å². The van der Waals surface area contributed by atoms with Crippen LogP contribution in [0.15, 0.2) is 34.3 Å². The number of nitrogens with zero attached hydrogens (tertiary/aromatic N) is 4. The Morgan fingerprint density at radius 3 is 2.65 bits per heavy atom. The fourth-order valence-electron chi connectivity index (χ4n) is 2.50. The lowest BCUT2D eigenvalue weighted by Gasteiger charge is -2.22. The van der Waals surface area contributed by atoms with Crippen molar-refractivity contribution in [2.45, 2.75) is 37.2 Å². The molecule has 0 N–H and O–H groups in total. The van der Waals surface area contributed by atoms with E-state index in [1.807, 2.05) is 6.92 Å². The Labute approximate surface area is 134 Å². The maximum absolute atomic E-state index is 12.8. The topological polar surface area (TPSA) is 112 Å². The molecule has 0 aromatic heterocycles. The number of carbonyl (C=O) groups excluding carboxylic acids is 1. The predicted octanol–water partition coefficient (Wildman–Crippen LogP) is 2.00. The van der Waals surface area contributed by atoms with Gasteiger partial charge in [0.25, 0.3) is 0 Å². The minimum absolute atomic E-state index is 0.0379. The van der Waals surface area contributed by atoms with Gasteiger partial charge < -0.3 is 4.74 Å². The normalized spacial score (nSPS) is 21.7. The average molecular weight is 338 g/mol. The highest BCUT2D eigenvalue weighted by atomic mass is 32.2. The van der Waals surface area contributed by atoms with Gasteiger partial charge in [0.1, 0.15) is 6.04 Å². The van der Waals surface area contributed by atoms with Crippen molar-refractivity contribution in [3.05, 3.63) is 40.3 Å². The van der Waals surface area contributed by atoms with Crippen LogP contribution < -0.4 is 0 Å². The first-order chi connectivity index (χ1) is 10.9. The summed E-state index contributed by atoms with van der Waals surface area (Å²) in [4.78, 5) is 14.9. The minimum atomic E-state index is -3.87. The molecule has 1 unspecified atom stereocenters. The molecule has 0 radical (unpaired) electrons. The van der Waals surface area contributed by atoms with Gasteiger partial charge in [-0.15, -0.1) is 0 Å². The molecule has 1 saturated heterocycles. The number of benzene rings is 1. The van der Waals surface area contributed by atoms with E-state index >= 15 is 0 Å². The molecule has 0 bridgehead atoms. The summed E-state index contributed by atoms with van der Waals surface area (Å²) in [5.74, 6) is -0.626. The highest BCUT2D eigenvalue weighted by molar-refractivity contribution is 7.89. The zero-order valence-electron chi connectivity index (χ0n) is 12.9. The minimum Gasteiger partial charge on any atom is -0.465 e. The van der Waals surface area contributed by atoms with Gasteiger partial charge >= 0.3 is 5.97 Å². The van der Waals surface area contributed by atoms with Gasteiger partial charge in [-0.3, -0.25) is 4.79 Å². The van der Waals surface area contributed by atoms with Crippen LogP contribution in [-0.4, -0.2) is 43.9 Å². The molecule has 2 atom stereocenters. The van der Waals surface area contributed by atoms with Crippen molar-refractivity contribution in [2.24, 2.45) is 5.11 Å². The second-order valence-corrected chi connectivity index (χ2v) is 7.14. The molecule has 23 heavy (non-hydrogen) atoms. The van der Waals surface area contributed by atoms with Gasteiger partial charge in [0.15, 0.2) is 0 Å². The van der Waals surface area contributed by atoms with E-state index in [9.17, 15) is 13.2 Å². The van der Waals surface area contributed by atoms with E-state index in [1.54, 1.807) is 19.1 Å². The van der Waals surface area contributed by atoms with E-state index in [0.717, 1.165) is 9.87 Å².